The Labute approximate surface area is 166 Å². The molecule has 0 saturated heterocycles. The topological polar surface area (TPSA) is 27.7 Å². The fourth-order valence-electron chi connectivity index (χ4n) is 2.31. The molecule has 0 aromatic heterocycles. The van der Waals surface area contributed by atoms with E-state index in [9.17, 15) is 0 Å². The molecule has 0 aliphatic rings. The third kappa shape index (κ3) is 10.1. The van der Waals surface area contributed by atoms with Crippen molar-refractivity contribution in [3.8, 4) is 0 Å². The Balaban J connectivity index is 5.79. The number of rotatable bonds is 14. The van der Waals surface area contributed by atoms with E-state index in [4.69, 9.17) is 12.3 Å². The summed E-state index contributed by atoms with van der Waals surface area (Å²) in [5.74, 6) is 0. The van der Waals surface area contributed by atoms with E-state index >= 15 is 0 Å². The second-order valence-electron chi connectivity index (χ2n) is 8.58. The highest BCUT2D eigenvalue weighted by molar-refractivity contribution is 6.93. The van der Waals surface area contributed by atoms with E-state index in [1.807, 2.05) is 17.1 Å². The van der Waals surface area contributed by atoms with Crippen LogP contribution in [0.1, 0.15) is 26.2 Å². The van der Waals surface area contributed by atoms with E-state index in [0.717, 1.165) is 25.3 Å². The lowest BCUT2D eigenvalue weighted by molar-refractivity contribution is 0.253. The van der Waals surface area contributed by atoms with E-state index in [-0.39, 0.29) is 0 Å². The normalized spacial score (nSPS) is 13.3. The Morgan fingerprint density at radius 2 is 1.08 bits per heavy atom. The zero-order chi connectivity index (χ0) is 20.6. The molecule has 0 amide bonds. The predicted molar refractivity (Wildman–Crippen MR) is 126 cm³/mol. The van der Waals surface area contributed by atoms with Crippen LogP contribution >= 0.6 is 0 Å². The molecule has 0 N–H and O–H groups in total. The van der Waals surface area contributed by atoms with Gasteiger partial charge < -0.3 is 12.3 Å². The van der Waals surface area contributed by atoms with Crippen LogP contribution in [0.5, 0.6) is 0 Å². The lowest BCUT2D eigenvalue weighted by Crippen LogP contribution is -2.61. The SMILES string of the molecule is C=C[Si](C)(C)O[Si](CCCCC(=C)C)(O[Si](C)(C)C=C)O[Si](C)(C)C=C. The predicted octanol–water partition coefficient (Wildman–Crippen LogP) is 6.51. The van der Waals surface area contributed by atoms with Gasteiger partial charge in [-0.25, -0.2) is 0 Å². The van der Waals surface area contributed by atoms with Crippen LogP contribution < -0.4 is 0 Å². The van der Waals surface area contributed by atoms with Gasteiger partial charge in [0.05, 0.1) is 0 Å². The Hall–Kier alpha value is -0.292. The molecule has 0 aromatic carbocycles. The van der Waals surface area contributed by atoms with Crippen molar-refractivity contribution in [3.63, 3.8) is 0 Å². The van der Waals surface area contributed by atoms with Gasteiger partial charge in [-0.2, -0.15) is 0 Å². The average molecular weight is 429 g/mol. The quantitative estimate of drug-likeness (QED) is 0.179. The molecule has 0 heterocycles. The van der Waals surface area contributed by atoms with E-state index in [1.54, 1.807) is 0 Å². The molecule has 26 heavy (non-hydrogen) atoms. The number of allylic oxidation sites excluding steroid dienone is 1. The lowest BCUT2D eigenvalue weighted by Gasteiger charge is -2.43. The largest absolute Gasteiger partial charge is 0.470 e. The van der Waals surface area contributed by atoms with Crippen molar-refractivity contribution >= 4 is 33.8 Å². The minimum absolute atomic E-state index is 0.819. The van der Waals surface area contributed by atoms with Crippen LogP contribution in [-0.2, 0) is 12.3 Å². The fraction of sp³-hybridized carbons (Fsp3) is 0.579. The van der Waals surface area contributed by atoms with Crippen LogP contribution in [0, 0.1) is 0 Å². The number of hydrogen-bond acceptors (Lipinski definition) is 3. The van der Waals surface area contributed by atoms with Crippen LogP contribution in [0.4, 0.5) is 0 Å². The molecule has 0 bridgehead atoms. The molecule has 0 unspecified atom stereocenters. The fourth-order valence-corrected chi connectivity index (χ4v) is 16.5. The minimum atomic E-state index is -2.89. The van der Waals surface area contributed by atoms with Gasteiger partial charge in [0.25, 0.3) is 0 Å². The molecule has 0 atom stereocenters. The first-order valence-electron chi connectivity index (χ1n) is 9.38. The first kappa shape index (κ1) is 25.7. The van der Waals surface area contributed by atoms with Gasteiger partial charge >= 0.3 is 8.80 Å². The molecule has 7 heteroatoms. The summed E-state index contributed by atoms with van der Waals surface area (Å²) in [5, 5.41) is 0. The van der Waals surface area contributed by atoms with Crippen LogP contribution in [-0.4, -0.2) is 33.8 Å². The standard InChI is InChI=1S/C19H40O3Si4/c1-12-23(6,7)20-26(21-24(8,9)13-2,22-25(10,11)14-3)18-16-15-17-19(4)5/h12-14H,1-4,15-18H2,5-11H3. The average Bonchev–Trinajstić information content (AvgIpc) is 2.50. The summed E-state index contributed by atoms with van der Waals surface area (Å²) < 4.78 is 20.2. The second-order valence-corrected chi connectivity index (χ2v) is 23.7. The highest BCUT2D eigenvalue weighted by Crippen LogP contribution is 2.31. The summed E-state index contributed by atoms with van der Waals surface area (Å²) in [4.78, 5) is 0. The van der Waals surface area contributed by atoms with Crippen LogP contribution in [0.2, 0.25) is 45.3 Å². The molecule has 0 radical (unpaired) electrons. The maximum atomic E-state index is 6.72. The van der Waals surface area contributed by atoms with Gasteiger partial charge in [0, 0.05) is 6.04 Å². The molecule has 3 nitrogen and oxygen atoms in total. The zero-order valence-electron chi connectivity index (χ0n) is 18.1. The van der Waals surface area contributed by atoms with Gasteiger partial charge in [-0.05, 0) is 65.5 Å². The molecule has 0 aliphatic carbocycles. The lowest BCUT2D eigenvalue weighted by atomic mass is 10.2. The molecule has 0 saturated carbocycles. The third-order valence-corrected chi connectivity index (χ3v) is 18.0. The van der Waals surface area contributed by atoms with Crippen molar-refractivity contribution in [2.24, 2.45) is 0 Å². The van der Waals surface area contributed by atoms with Gasteiger partial charge in [-0.15, -0.1) is 26.3 Å². The molecule has 0 rings (SSSR count). The van der Waals surface area contributed by atoms with Gasteiger partial charge in [0.2, 0.25) is 25.0 Å². The zero-order valence-corrected chi connectivity index (χ0v) is 22.1. The molecule has 150 valence electrons. The Bertz CT molecular complexity index is 458. The van der Waals surface area contributed by atoms with Crippen molar-refractivity contribution in [3.05, 3.63) is 49.0 Å². The number of unbranched alkanes of at least 4 members (excludes halogenated alkanes) is 1. The Kier molecular flexibility index (Phi) is 10.2. The van der Waals surface area contributed by atoms with Crippen molar-refractivity contribution in [1.82, 2.24) is 0 Å². The molecule has 0 aliphatic heterocycles. The first-order valence-corrected chi connectivity index (χ1v) is 20.3. The van der Waals surface area contributed by atoms with Gasteiger partial charge in [0.1, 0.15) is 0 Å². The highest BCUT2D eigenvalue weighted by atomic mass is 28.5. The molecule has 0 spiro atoms. The number of hydrogen-bond donors (Lipinski definition) is 0. The summed E-state index contributed by atoms with van der Waals surface area (Å²) >= 11 is 0. The maximum absolute atomic E-state index is 6.72. The third-order valence-electron chi connectivity index (χ3n) is 4.07. The molecule has 0 aromatic rings. The van der Waals surface area contributed by atoms with Crippen molar-refractivity contribution in [2.45, 2.75) is 71.5 Å². The molecular weight excluding hydrogens is 389 g/mol. The Morgan fingerprint density at radius 1 is 0.731 bits per heavy atom. The maximum Gasteiger partial charge on any atom is 0.470 e. The minimum Gasteiger partial charge on any atom is -0.413 e. The molecular formula is C19H40O3Si4. The summed E-state index contributed by atoms with van der Waals surface area (Å²) in [6.45, 7) is 30.9. The van der Waals surface area contributed by atoms with Crippen molar-refractivity contribution < 1.29 is 12.3 Å². The van der Waals surface area contributed by atoms with Gasteiger partial charge in [-0.3, -0.25) is 0 Å². The van der Waals surface area contributed by atoms with E-state index in [0.29, 0.717) is 0 Å². The van der Waals surface area contributed by atoms with Gasteiger partial charge in [-0.1, -0.05) is 22.7 Å². The highest BCUT2D eigenvalue weighted by Gasteiger charge is 2.50. The summed E-state index contributed by atoms with van der Waals surface area (Å²) in [6, 6.07) is 0.819. The summed E-state index contributed by atoms with van der Waals surface area (Å²) in [5.41, 5.74) is 7.09. The monoisotopic (exact) mass is 428 g/mol. The van der Waals surface area contributed by atoms with Crippen LogP contribution in [0.3, 0.4) is 0 Å². The Morgan fingerprint density at radius 3 is 1.35 bits per heavy atom. The van der Waals surface area contributed by atoms with Crippen LogP contribution in [0.25, 0.3) is 0 Å². The summed E-state index contributed by atoms with van der Waals surface area (Å²) in [6.07, 6.45) is 3.10. The van der Waals surface area contributed by atoms with E-state index in [1.165, 1.54) is 5.57 Å². The van der Waals surface area contributed by atoms with Crippen molar-refractivity contribution in [2.75, 3.05) is 0 Å². The smallest absolute Gasteiger partial charge is 0.413 e. The van der Waals surface area contributed by atoms with E-state index < -0.39 is 33.8 Å². The van der Waals surface area contributed by atoms with Gasteiger partial charge in [0.15, 0.2) is 0 Å². The van der Waals surface area contributed by atoms with E-state index in [2.05, 4.69) is 72.5 Å². The first-order chi connectivity index (χ1) is 11.7. The summed E-state index contributed by atoms with van der Waals surface area (Å²) in [7, 11) is -9.15. The van der Waals surface area contributed by atoms with Crippen LogP contribution in [0.15, 0.2) is 49.0 Å². The second kappa shape index (κ2) is 10.3. The van der Waals surface area contributed by atoms with Crippen molar-refractivity contribution in [1.29, 1.82) is 0 Å². The molecule has 0 fully saturated rings.